The SMILES string of the molecule is NC1CCN(c2cc(F)cc3ccc(C4=CN=C5C=C(c6cccnc6)C=C[C@@H]5CC4)nc23)CC1. The van der Waals surface area contributed by atoms with E-state index in [1.807, 2.05) is 30.6 Å². The first kappa shape index (κ1) is 21.9. The summed E-state index contributed by atoms with van der Waals surface area (Å²) in [6.07, 6.45) is 15.9. The first-order chi connectivity index (χ1) is 17.1. The van der Waals surface area contributed by atoms with E-state index in [0.29, 0.717) is 0 Å². The number of pyridine rings is 2. The quantitative estimate of drug-likeness (QED) is 0.551. The van der Waals surface area contributed by atoms with Crippen LogP contribution in [0.15, 0.2) is 78.2 Å². The largest absolute Gasteiger partial charge is 0.370 e. The first-order valence-corrected chi connectivity index (χ1v) is 12.3. The molecule has 0 bridgehead atoms. The average Bonchev–Trinajstić information content (AvgIpc) is 3.11. The van der Waals surface area contributed by atoms with E-state index in [0.717, 1.165) is 83.5 Å². The van der Waals surface area contributed by atoms with Crippen molar-refractivity contribution >= 4 is 33.4 Å². The number of aliphatic imine (C=N–C) groups is 1. The van der Waals surface area contributed by atoms with Crippen LogP contribution in [0.3, 0.4) is 0 Å². The molecule has 1 fully saturated rings. The van der Waals surface area contributed by atoms with Crippen molar-refractivity contribution < 1.29 is 4.39 Å². The number of nitrogens with two attached hydrogens (primary N) is 1. The van der Waals surface area contributed by atoms with Crippen molar-refractivity contribution in [3.8, 4) is 0 Å². The van der Waals surface area contributed by atoms with E-state index in [4.69, 9.17) is 15.7 Å². The van der Waals surface area contributed by atoms with Crippen LogP contribution in [-0.2, 0) is 0 Å². The number of nitrogens with zero attached hydrogens (tertiary/aromatic N) is 4. The van der Waals surface area contributed by atoms with Crippen molar-refractivity contribution in [3.63, 3.8) is 0 Å². The lowest BCUT2D eigenvalue weighted by Gasteiger charge is -2.32. The number of aromatic nitrogens is 2. The zero-order chi connectivity index (χ0) is 23.8. The molecule has 1 atom stereocenters. The Hall–Kier alpha value is -3.64. The molecule has 2 aromatic heterocycles. The monoisotopic (exact) mass is 465 g/mol. The second-order valence-corrected chi connectivity index (χ2v) is 9.57. The summed E-state index contributed by atoms with van der Waals surface area (Å²) in [5, 5.41) is 0.819. The van der Waals surface area contributed by atoms with Gasteiger partial charge in [0.15, 0.2) is 0 Å². The number of benzene rings is 1. The zero-order valence-electron chi connectivity index (χ0n) is 19.6. The van der Waals surface area contributed by atoms with Gasteiger partial charge in [-0.1, -0.05) is 24.3 Å². The van der Waals surface area contributed by atoms with Crippen molar-refractivity contribution in [2.24, 2.45) is 16.6 Å². The summed E-state index contributed by atoms with van der Waals surface area (Å²) in [4.78, 5) is 16.4. The lowest BCUT2D eigenvalue weighted by Crippen LogP contribution is -2.39. The van der Waals surface area contributed by atoms with E-state index in [1.54, 1.807) is 18.3 Å². The van der Waals surface area contributed by atoms with Crippen LogP contribution in [0, 0.1) is 11.7 Å². The molecule has 2 N–H and O–H groups in total. The number of rotatable bonds is 3. The van der Waals surface area contributed by atoms with Crippen LogP contribution in [0.5, 0.6) is 0 Å². The summed E-state index contributed by atoms with van der Waals surface area (Å²) >= 11 is 0. The van der Waals surface area contributed by atoms with Gasteiger partial charge >= 0.3 is 0 Å². The summed E-state index contributed by atoms with van der Waals surface area (Å²) in [7, 11) is 0. The van der Waals surface area contributed by atoms with Gasteiger partial charge in [-0.05, 0) is 67.2 Å². The van der Waals surface area contributed by atoms with Crippen LogP contribution < -0.4 is 10.6 Å². The van der Waals surface area contributed by atoms with E-state index < -0.39 is 0 Å². The van der Waals surface area contributed by atoms with Gasteiger partial charge in [0, 0.05) is 60.3 Å². The lowest BCUT2D eigenvalue weighted by molar-refractivity contribution is 0.501. The van der Waals surface area contributed by atoms with Gasteiger partial charge < -0.3 is 10.6 Å². The standard InChI is InChI=1S/C29H28FN5/c30-24-14-21-7-8-26(34-29(21)28(16-24)35-12-9-25(31)10-13-35)23-6-4-19-3-5-20(15-27(19)33-18-23)22-2-1-11-32-17-22/h1-3,5,7-8,11,14-19,25H,4,6,9-10,12-13,31H2/t19-/m1/s1. The highest BCUT2D eigenvalue weighted by molar-refractivity contribution is 6.07. The highest BCUT2D eigenvalue weighted by Crippen LogP contribution is 2.34. The van der Waals surface area contributed by atoms with Gasteiger partial charge in [-0.25, -0.2) is 9.37 Å². The highest BCUT2D eigenvalue weighted by Gasteiger charge is 2.22. The van der Waals surface area contributed by atoms with Crippen LogP contribution >= 0.6 is 0 Å². The van der Waals surface area contributed by atoms with E-state index in [-0.39, 0.29) is 17.8 Å². The molecule has 1 saturated heterocycles. The molecule has 3 aromatic rings. The van der Waals surface area contributed by atoms with Crippen LogP contribution in [0.4, 0.5) is 10.1 Å². The van der Waals surface area contributed by atoms with E-state index in [9.17, 15) is 4.39 Å². The highest BCUT2D eigenvalue weighted by atomic mass is 19.1. The molecule has 0 spiro atoms. The number of hydrogen-bond donors (Lipinski definition) is 1. The molecule has 0 amide bonds. The Morgan fingerprint density at radius 2 is 1.94 bits per heavy atom. The summed E-state index contributed by atoms with van der Waals surface area (Å²) in [6, 6.07) is 11.4. The fourth-order valence-electron chi connectivity index (χ4n) is 5.19. The van der Waals surface area contributed by atoms with E-state index in [2.05, 4.69) is 34.2 Å². The topological polar surface area (TPSA) is 67.4 Å². The predicted molar refractivity (Wildman–Crippen MR) is 141 cm³/mol. The lowest BCUT2D eigenvalue weighted by atomic mass is 9.88. The van der Waals surface area contributed by atoms with Crippen molar-refractivity contribution in [1.29, 1.82) is 0 Å². The Morgan fingerprint density at radius 1 is 1.06 bits per heavy atom. The minimum Gasteiger partial charge on any atom is -0.370 e. The molecule has 2 aliphatic heterocycles. The molecule has 0 radical (unpaired) electrons. The fraction of sp³-hybridized carbons (Fsp3) is 0.276. The maximum atomic E-state index is 14.4. The number of fused-ring (bicyclic) bond motifs is 2. The molecule has 5 nitrogen and oxygen atoms in total. The minimum atomic E-state index is -0.232. The number of hydrogen-bond acceptors (Lipinski definition) is 5. The van der Waals surface area contributed by atoms with Gasteiger partial charge in [0.25, 0.3) is 0 Å². The van der Waals surface area contributed by atoms with Gasteiger partial charge in [-0.2, -0.15) is 0 Å². The predicted octanol–water partition coefficient (Wildman–Crippen LogP) is 5.54. The van der Waals surface area contributed by atoms with Crippen LogP contribution in [-0.4, -0.2) is 34.8 Å². The van der Waals surface area contributed by atoms with E-state index >= 15 is 0 Å². The number of allylic oxidation sites excluding steroid dienone is 5. The smallest absolute Gasteiger partial charge is 0.126 e. The van der Waals surface area contributed by atoms with Crippen LogP contribution in [0.1, 0.15) is 36.9 Å². The molecule has 1 aliphatic carbocycles. The molecule has 1 aromatic carbocycles. The molecule has 176 valence electrons. The molecular weight excluding hydrogens is 437 g/mol. The molecule has 6 rings (SSSR count). The normalized spacial score (nSPS) is 20.7. The maximum Gasteiger partial charge on any atom is 0.126 e. The molecule has 6 heteroatoms. The second kappa shape index (κ2) is 9.19. The van der Waals surface area contributed by atoms with Crippen LogP contribution in [0.25, 0.3) is 22.0 Å². The van der Waals surface area contributed by atoms with Crippen molar-refractivity contribution in [2.45, 2.75) is 31.7 Å². The Labute approximate surface area is 204 Å². The van der Waals surface area contributed by atoms with E-state index in [1.165, 1.54) is 0 Å². The summed E-state index contributed by atoms with van der Waals surface area (Å²) in [6.45, 7) is 1.64. The summed E-state index contributed by atoms with van der Waals surface area (Å²) in [5.41, 5.74) is 13.1. The molecule has 3 aliphatic rings. The second-order valence-electron chi connectivity index (χ2n) is 9.57. The van der Waals surface area contributed by atoms with Crippen molar-refractivity contribution in [3.05, 3.63) is 90.3 Å². The fourth-order valence-corrected chi connectivity index (χ4v) is 5.19. The number of halogens is 1. The molecule has 0 unspecified atom stereocenters. The Bertz CT molecular complexity index is 1380. The first-order valence-electron chi connectivity index (χ1n) is 12.3. The third kappa shape index (κ3) is 4.42. The Kier molecular flexibility index (Phi) is 5.74. The van der Waals surface area contributed by atoms with Crippen LogP contribution in [0.2, 0.25) is 0 Å². The Morgan fingerprint density at radius 3 is 2.77 bits per heavy atom. The molecule has 35 heavy (non-hydrogen) atoms. The number of piperidine rings is 1. The van der Waals surface area contributed by atoms with Crippen molar-refractivity contribution in [1.82, 2.24) is 9.97 Å². The summed E-state index contributed by atoms with van der Waals surface area (Å²) in [5.74, 6) is 0.0518. The van der Waals surface area contributed by atoms with Crippen molar-refractivity contribution in [2.75, 3.05) is 18.0 Å². The molecule has 0 saturated carbocycles. The Balaban J connectivity index is 1.34. The third-order valence-corrected chi connectivity index (χ3v) is 7.23. The third-order valence-electron chi connectivity index (χ3n) is 7.23. The molecule has 4 heterocycles. The maximum absolute atomic E-state index is 14.4. The number of anilines is 1. The molecular formula is C29H28FN5. The average molecular weight is 466 g/mol. The summed E-state index contributed by atoms with van der Waals surface area (Å²) < 4.78 is 14.4. The zero-order valence-corrected chi connectivity index (χ0v) is 19.6. The minimum absolute atomic E-state index is 0.218. The van der Waals surface area contributed by atoms with Gasteiger partial charge in [0.05, 0.1) is 16.9 Å². The van der Waals surface area contributed by atoms with Gasteiger partial charge in [-0.15, -0.1) is 0 Å². The van der Waals surface area contributed by atoms with Gasteiger partial charge in [0.1, 0.15) is 5.82 Å². The van der Waals surface area contributed by atoms with Gasteiger partial charge in [0.2, 0.25) is 0 Å². The van der Waals surface area contributed by atoms with Gasteiger partial charge in [-0.3, -0.25) is 9.98 Å².